The third-order valence-corrected chi connectivity index (χ3v) is 2.99. The Balaban J connectivity index is 2.75. The van der Waals surface area contributed by atoms with Crippen LogP contribution in [0.4, 0.5) is 5.69 Å². The van der Waals surface area contributed by atoms with Crippen LogP contribution in [0.5, 0.6) is 0 Å². The number of anilines is 1. The zero-order valence-corrected chi connectivity index (χ0v) is 10.3. The van der Waals surface area contributed by atoms with E-state index in [0.29, 0.717) is 18.5 Å². The van der Waals surface area contributed by atoms with Crippen LogP contribution in [0.1, 0.15) is 19.4 Å². The van der Waals surface area contributed by atoms with Gasteiger partial charge in [0.05, 0.1) is 0 Å². The number of rotatable bonds is 4. The number of benzene rings is 1. The summed E-state index contributed by atoms with van der Waals surface area (Å²) >= 11 is 6.05. The number of halogens is 1. The summed E-state index contributed by atoms with van der Waals surface area (Å²) in [6.07, 6.45) is 0. The van der Waals surface area contributed by atoms with Crippen molar-refractivity contribution < 1.29 is 0 Å². The summed E-state index contributed by atoms with van der Waals surface area (Å²) in [6, 6.07) is 6.29. The van der Waals surface area contributed by atoms with Crippen LogP contribution < -0.4 is 11.1 Å². The van der Waals surface area contributed by atoms with Crippen LogP contribution in [-0.4, -0.2) is 12.6 Å². The van der Waals surface area contributed by atoms with Crippen molar-refractivity contribution in [1.29, 1.82) is 0 Å². The van der Waals surface area contributed by atoms with Gasteiger partial charge in [0.25, 0.3) is 0 Å². The first-order valence-electron chi connectivity index (χ1n) is 5.27. The second-order valence-electron chi connectivity index (χ2n) is 4.19. The summed E-state index contributed by atoms with van der Waals surface area (Å²) in [5.74, 6) is 0.509. The summed E-state index contributed by atoms with van der Waals surface area (Å²) in [5.41, 5.74) is 7.82. The minimum atomic E-state index is 0.295. The minimum absolute atomic E-state index is 0.295. The first kappa shape index (κ1) is 12.3. The molecule has 1 rings (SSSR count). The van der Waals surface area contributed by atoms with Crippen LogP contribution in [-0.2, 0) is 0 Å². The highest BCUT2D eigenvalue weighted by Crippen LogP contribution is 2.21. The lowest BCUT2D eigenvalue weighted by atomic mass is 10.0. The summed E-state index contributed by atoms with van der Waals surface area (Å²) in [4.78, 5) is 0. The largest absolute Gasteiger partial charge is 0.381 e. The Bertz CT molecular complexity index is 323. The van der Waals surface area contributed by atoms with Crippen molar-refractivity contribution in [2.45, 2.75) is 26.8 Å². The maximum Gasteiger partial charge on any atom is 0.0455 e. The predicted octanol–water partition coefficient (Wildman–Crippen LogP) is 3.04. The molecule has 2 nitrogen and oxygen atoms in total. The Hall–Kier alpha value is -0.730. The molecule has 1 unspecified atom stereocenters. The molecule has 0 spiro atoms. The molecule has 3 N–H and O–H groups in total. The van der Waals surface area contributed by atoms with Gasteiger partial charge in [-0.15, -0.1) is 0 Å². The molecule has 0 saturated carbocycles. The van der Waals surface area contributed by atoms with Gasteiger partial charge in [-0.05, 0) is 30.5 Å². The smallest absolute Gasteiger partial charge is 0.0455 e. The van der Waals surface area contributed by atoms with Crippen molar-refractivity contribution >= 4 is 17.3 Å². The number of nitrogens with two attached hydrogens (primary N) is 1. The van der Waals surface area contributed by atoms with Crippen molar-refractivity contribution in [2.24, 2.45) is 11.7 Å². The van der Waals surface area contributed by atoms with Gasteiger partial charge < -0.3 is 11.1 Å². The number of nitrogens with one attached hydrogen (secondary N) is 1. The number of aryl methyl sites for hydroxylation is 1. The first-order valence-corrected chi connectivity index (χ1v) is 5.65. The molecule has 0 heterocycles. The second kappa shape index (κ2) is 5.38. The lowest BCUT2D eigenvalue weighted by molar-refractivity contribution is 0.531. The first-order chi connectivity index (χ1) is 7.04. The van der Waals surface area contributed by atoms with Gasteiger partial charge in [-0.2, -0.15) is 0 Å². The topological polar surface area (TPSA) is 38.0 Å². The molecular formula is C12H19ClN2. The molecule has 0 fully saturated rings. The van der Waals surface area contributed by atoms with Gasteiger partial charge in [0, 0.05) is 23.3 Å². The molecule has 15 heavy (non-hydrogen) atoms. The summed E-state index contributed by atoms with van der Waals surface area (Å²) in [5, 5.41) is 4.18. The van der Waals surface area contributed by atoms with Crippen LogP contribution in [0, 0.1) is 12.8 Å². The molecule has 3 heteroatoms. The maximum atomic E-state index is 6.05. The van der Waals surface area contributed by atoms with Crippen molar-refractivity contribution in [3.8, 4) is 0 Å². The average molecular weight is 227 g/mol. The quantitative estimate of drug-likeness (QED) is 0.828. The van der Waals surface area contributed by atoms with E-state index in [9.17, 15) is 0 Å². The van der Waals surface area contributed by atoms with Gasteiger partial charge in [-0.3, -0.25) is 0 Å². The Morgan fingerprint density at radius 1 is 1.40 bits per heavy atom. The molecule has 0 radical (unpaired) electrons. The van der Waals surface area contributed by atoms with Crippen molar-refractivity contribution in [1.82, 2.24) is 0 Å². The molecule has 0 aliphatic rings. The molecular weight excluding hydrogens is 208 g/mol. The van der Waals surface area contributed by atoms with Crippen molar-refractivity contribution in [3.63, 3.8) is 0 Å². The van der Waals surface area contributed by atoms with E-state index >= 15 is 0 Å². The van der Waals surface area contributed by atoms with Crippen molar-refractivity contribution in [2.75, 3.05) is 11.9 Å². The van der Waals surface area contributed by atoms with E-state index < -0.39 is 0 Å². The Kier molecular flexibility index (Phi) is 4.43. The normalized spacial score (nSPS) is 12.9. The zero-order chi connectivity index (χ0) is 11.4. The SMILES string of the molecule is Cc1ccc(NC(CN)C(C)C)cc1Cl. The highest BCUT2D eigenvalue weighted by atomic mass is 35.5. The van der Waals surface area contributed by atoms with Crippen LogP contribution in [0.15, 0.2) is 18.2 Å². The van der Waals surface area contributed by atoms with Gasteiger partial charge in [0.15, 0.2) is 0 Å². The average Bonchev–Trinajstić information content (AvgIpc) is 2.19. The summed E-state index contributed by atoms with van der Waals surface area (Å²) in [6.45, 7) is 6.93. The summed E-state index contributed by atoms with van der Waals surface area (Å²) < 4.78 is 0. The molecule has 0 aromatic heterocycles. The van der Waals surface area contributed by atoms with Crippen LogP contribution in [0.25, 0.3) is 0 Å². The highest BCUT2D eigenvalue weighted by Gasteiger charge is 2.10. The van der Waals surface area contributed by atoms with Crippen LogP contribution >= 0.6 is 11.6 Å². The fraction of sp³-hybridized carbons (Fsp3) is 0.500. The second-order valence-corrected chi connectivity index (χ2v) is 4.60. The van der Waals surface area contributed by atoms with E-state index in [4.69, 9.17) is 17.3 Å². The fourth-order valence-electron chi connectivity index (χ4n) is 1.39. The molecule has 1 atom stereocenters. The van der Waals surface area contributed by atoms with E-state index in [1.54, 1.807) is 0 Å². The van der Waals surface area contributed by atoms with E-state index in [1.165, 1.54) is 0 Å². The Morgan fingerprint density at radius 2 is 2.07 bits per heavy atom. The molecule has 0 aliphatic carbocycles. The monoisotopic (exact) mass is 226 g/mol. The number of hydrogen-bond acceptors (Lipinski definition) is 2. The Morgan fingerprint density at radius 3 is 2.53 bits per heavy atom. The van der Waals surface area contributed by atoms with Crippen molar-refractivity contribution in [3.05, 3.63) is 28.8 Å². The Labute approximate surface area is 96.8 Å². The van der Waals surface area contributed by atoms with E-state index in [-0.39, 0.29) is 0 Å². The van der Waals surface area contributed by atoms with E-state index in [0.717, 1.165) is 16.3 Å². The molecule has 1 aromatic rings. The third kappa shape index (κ3) is 3.40. The molecule has 0 bridgehead atoms. The molecule has 0 amide bonds. The molecule has 0 saturated heterocycles. The molecule has 84 valence electrons. The van der Waals surface area contributed by atoms with Gasteiger partial charge in [-0.25, -0.2) is 0 Å². The summed E-state index contributed by atoms with van der Waals surface area (Å²) in [7, 11) is 0. The van der Waals surface area contributed by atoms with E-state index in [1.807, 2.05) is 25.1 Å². The standard InChI is InChI=1S/C12H19ClN2/c1-8(2)12(7-14)15-10-5-4-9(3)11(13)6-10/h4-6,8,12,15H,7,14H2,1-3H3. The zero-order valence-electron chi connectivity index (χ0n) is 9.55. The lowest BCUT2D eigenvalue weighted by Gasteiger charge is -2.22. The van der Waals surface area contributed by atoms with Gasteiger partial charge in [-0.1, -0.05) is 31.5 Å². The molecule has 1 aromatic carbocycles. The highest BCUT2D eigenvalue weighted by molar-refractivity contribution is 6.31. The maximum absolute atomic E-state index is 6.05. The lowest BCUT2D eigenvalue weighted by Crippen LogP contribution is -2.33. The molecule has 0 aliphatic heterocycles. The minimum Gasteiger partial charge on any atom is -0.381 e. The predicted molar refractivity (Wildman–Crippen MR) is 67.5 cm³/mol. The van der Waals surface area contributed by atoms with E-state index in [2.05, 4.69) is 19.2 Å². The fourth-order valence-corrected chi connectivity index (χ4v) is 1.58. The van der Waals surface area contributed by atoms with Gasteiger partial charge >= 0.3 is 0 Å². The van der Waals surface area contributed by atoms with Crippen LogP contribution in [0.3, 0.4) is 0 Å². The third-order valence-electron chi connectivity index (χ3n) is 2.58. The number of hydrogen-bond donors (Lipinski definition) is 2. The van der Waals surface area contributed by atoms with Crippen LogP contribution in [0.2, 0.25) is 5.02 Å². The van der Waals surface area contributed by atoms with Gasteiger partial charge in [0.1, 0.15) is 0 Å². The van der Waals surface area contributed by atoms with Gasteiger partial charge in [0.2, 0.25) is 0 Å².